The standard InChI is InChI=1S/C35H40ClN3O6/c1-35(17-24-18-37-30-5-3-2-4-29(24)30,38-34(43)45-32-22-11-20-10-21(13-22)14-23(32)12-20)33(42)39-19-28(15-26(39)16-31(40)41)44-27-8-6-25(36)7-9-27/h2-9,18,20-23,26,28,32,37H,10-17,19H2,1H3,(H,38,43)(H,40,41)/t20?,21?,22?,23?,26-,28-,32?,35-/m1/s1. The van der Waals surface area contributed by atoms with Gasteiger partial charge in [-0.1, -0.05) is 29.8 Å². The number of nitrogens with one attached hydrogen (secondary N) is 2. The summed E-state index contributed by atoms with van der Waals surface area (Å²) in [5.41, 5.74) is 0.402. The van der Waals surface area contributed by atoms with Crippen LogP contribution < -0.4 is 10.1 Å². The number of aliphatic carboxylic acids is 1. The fraction of sp³-hybridized carbons (Fsp3) is 0.514. The van der Waals surface area contributed by atoms with Crippen LogP contribution in [0, 0.1) is 23.7 Å². The van der Waals surface area contributed by atoms with Gasteiger partial charge in [0.15, 0.2) is 0 Å². The molecule has 45 heavy (non-hydrogen) atoms. The normalized spacial score (nSPS) is 29.8. The second-order valence-electron chi connectivity index (χ2n) is 13.9. The van der Waals surface area contributed by atoms with E-state index >= 15 is 0 Å². The summed E-state index contributed by atoms with van der Waals surface area (Å²) in [6, 6.07) is 14.2. The number of nitrogens with zero attached hydrogens (tertiary/aromatic N) is 1. The van der Waals surface area contributed by atoms with Gasteiger partial charge in [0, 0.05) is 41.0 Å². The minimum Gasteiger partial charge on any atom is -0.489 e. The molecule has 0 unspecified atom stereocenters. The van der Waals surface area contributed by atoms with E-state index < -0.39 is 29.7 Å². The van der Waals surface area contributed by atoms with Gasteiger partial charge in [-0.15, -0.1) is 0 Å². The first-order valence-electron chi connectivity index (χ1n) is 16.1. The summed E-state index contributed by atoms with van der Waals surface area (Å²) < 4.78 is 12.4. The number of para-hydroxylation sites is 1. The molecular formula is C35H40ClN3O6. The maximum absolute atomic E-state index is 14.6. The highest BCUT2D eigenvalue weighted by Crippen LogP contribution is 2.54. The monoisotopic (exact) mass is 633 g/mol. The number of rotatable bonds is 9. The Kier molecular flexibility index (Phi) is 7.92. The second kappa shape index (κ2) is 11.9. The Bertz CT molecular complexity index is 1560. The molecule has 5 fully saturated rings. The zero-order chi connectivity index (χ0) is 31.3. The third-order valence-corrected chi connectivity index (χ3v) is 10.9. The number of alkyl carbamates (subject to hydrolysis) is 1. The summed E-state index contributed by atoms with van der Waals surface area (Å²) in [6.07, 6.45) is 6.78. The van der Waals surface area contributed by atoms with Gasteiger partial charge in [0.25, 0.3) is 0 Å². The number of aromatic amines is 1. The number of carboxylic acids is 1. The molecule has 4 aliphatic carbocycles. The van der Waals surface area contributed by atoms with Crippen molar-refractivity contribution in [3.63, 3.8) is 0 Å². The molecule has 1 aliphatic heterocycles. The number of aromatic nitrogens is 1. The molecule has 4 saturated carbocycles. The molecule has 0 radical (unpaired) electrons. The molecule has 2 heterocycles. The van der Waals surface area contributed by atoms with Crippen LogP contribution in [-0.2, 0) is 20.7 Å². The number of benzene rings is 2. The first-order chi connectivity index (χ1) is 21.6. The molecule has 238 valence electrons. The Morgan fingerprint density at radius 3 is 2.38 bits per heavy atom. The maximum atomic E-state index is 14.6. The number of hydrogen-bond donors (Lipinski definition) is 3. The van der Waals surface area contributed by atoms with Gasteiger partial charge in [-0.25, -0.2) is 4.79 Å². The number of likely N-dealkylation sites (tertiary alicyclic amines) is 1. The Hall–Kier alpha value is -3.72. The van der Waals surface area contributed by atoms with Crippen molar-refractivity contribution in [3.8, 4) is 5.75 Å². The Balaban J connectivity index is 1.14. The van der Waals surface area contributed by atoms with Crippen molar-refractivity contribution in [1.82, 2.24) is 15.2 Å². The van der Waals surface area contributed by atoms with E-state index in [4.69, 9.17) is 21.1 Å². The summed E-state index contributed by atoms with van der Waals surface area (Å²) in [6.45, 7) is 1.91. The summed E-state index contributed by atoms with van der Waals surface area (Å²) in [5, 5.41) is 14.3. The van der Waals surface area contributed by atoms with Gasteiger partial charge in [0.1, 0.15) is 23.5 Å². The largest absolute Gasteiger partial charge is 0.489 e. The number of halogens is 1. The lowest BCUT2D eigenvalue weighted by Crippen LogP contribution is -2.61. The van der Waals surface area contributed by atoms with E-state index in [1.54, 1.807) is 36.1 Å². The molecule has 0 spiro atoms. The van der Waals surface area contributed by atoms with Gasteiger partial charge in [-0.05, 0) is 98.6 Å². The summed E-state index contributed by atoms with van der Waals surface area (Å²) >= 11 is 6.04. The quantitative estimate of drug-likeness (QED) is 0.258. The van der Waals surface area contributed by atoms with Crippen molar-refractivity contribution in [2.45, 2.75) is 82.1 Å². The van der Waals surface area contributed by atoms with E-state index in [2.05, 4.69) is 10.3 Å². The van der Waals surface area contributed by atoms with Gasteiger partial charge in [0.05, 0.1) is 13.0 Å². The number of H-pyrrole nitrogens is 1. The third-order valence-electron chi connectivity index (χ3n) is 10.6. The molecule has 8 rings (SSSR count). The van der Waals surface area contributed by atoms with Crippen molar-refractivity contribution in [2.24, 2.45) is 23.7 Å². The number of hydrogen-bond acceptors (Lipinski definition) is 5. The predicted molar refractivity (Wildman–Crippen MR) is 169 cm³/mol. The molecule has 1 saturated heterocycles. The summed E-state index contributed by atoms with van der Waals surface area (Å²) in [4.78, 5) is 45.1. The summed E-state index contributed by atoms with van der Waals surface area (Å²) in [5.74, 6) is 1.48. The van der Waals surface area contributed by atoms with Crippen LogP contribution in [0.5, 0.6) is 5.75 Å². The van der Waals surface area contributed by atoms with Crippen LogP contribution in [0.1, 0.15) is 57.4 Å². The van der Waals surface area contributed by atoms with E-state index in [9.17, 15) is 19.5 Å². The molecule has 10 heteroatoms. The SMILES string of the molecule is C[C@](Cc1c[nH]c2ccccc12)(NC(=O)OC1C2CC3CC(C2)CC1C3)C(=O)N1C[C@H](Oc2ccc(Cl)cc2)C[C@@H]1CC(=O)O. The van der Waals surface area contributed by atoms with E-state index in [1.165, 1.54) is 6.42 Å². The first kappa shape index (κ1) is 30.0. The predicted octanol–water partition coefficient (Wildman–Crippen LogP) is 6.20. The highest BCUT2D eigenvalue weighted by atomic mass is 35.5. The molecule has 3 aromatic rings. The van der Waals surface area contributed by atoms with E-state index in [1.807, 2.05) is 30.5 Å². The van der Waals surface area contributed by atoms with Crippen LogP contribution in [-0.4, -0.2) is 63.3 Å². The van der Waals surface area contributed by atoms with E-state index in [-0.39, 0.29) is 31.4 Å². The zero-order valence-corrected chi connectivity index (χ0v) is 26.2. The minimum atomic E-state index is -1.40. The van der Waals surface area contributed by atoms with Crippen molar-refractivity contribution in [1.29, 1.82) is 0 Å². The van der Waals surface area contributed by atoms with E-state index in [0.29, 0.717) is 29.0 Å². The number of amides is 2. The third kappa shape index (κ3) is 6.11. The molecule has 3 atom stereocenters. The molecular weight excluding hydrogens is 594 g/mol. The topological polar surface area (TPSA) is 121 Å². The average molecular weight is 634 g/mol. The van der Waals surface area contributed by atoms with Crippen LogP contribution in [0.2, 0.25) is 5.02 Å². The lowest BCUT2D eigenvalue weighted by molar-refractivity contribution is -0.142. The van der Waals surface area contributed by atoms with Gasteiger partial charge < -0.3 is 29.8 Å². The Morgan fingerprint density at radius 1 is 1.00 bits per heavy atom. The van der Waals surface area contributed by atoms with Crippen LogP contribution in [0.15, 0.2) is 54.7 Å². The molecule has 1 aromatic heterocycles. The zero-order valence-electron chi connectivity index (χ0n) is 25.4. The highest BCUT2D eigenvalue weighted by molar-refractivity contribution is 6.30. The lowest BCUT2D eigenvalue weighted by Gasteiger charge is -2.53. The highest BCUT2D eigenvalue weighted by Gasteiger charge is 2.51. The van der Waals surface area contributed by atoms with Gasteiger partial charge in [-0.2, -0.15) is 0 Å². The van der Waals surface area contributed by atoms with Crippen molar-refractivity contribution >= 4 is 40.5 Å². The smallest absolute Gasteiger partial charge is 0.408 e. The number of fused-ring (bicyclic) bond motifs is 1. The first-order valence-corrected chi connectivity index (χ1v) is 16.5. The molecule has 4 bridgehead atoms. The van der Waals surface area contributed by atoms with Crippen LogP contribution in [0.3, 0.4) is 0 Å². The Labute approximate surface area is 267 Å². The number of carbonyl (C=O) groups is 3. The van der Waals surface area contributed by atoms with Gasteiger partial charge >= 0.3 is 12.1 Å². The van der Waals surface area contributed by atoms with Crippen molar-refractivity contribution in [3.05, 3.63) is 65.3 Å². The molecule has 2 aromatic carbocycles. The molecule has 2 amide bonds. The van der Waals surface area contributed by atoms with Crippen molar-refractivity contribution < 1.29 is 29.0 Å². The number of carbonyl (C=O) groups excluding carboxylic acids is 2. The average Bonchev–Trinajstić information content (AvgIpc) is 3.58. The van der Waals surface area contributed by atoms with Crippen LogP contribution in [0.25, 0.3) is 10.9 Å². The van der Waals surface area contributed by atoms with E-state index in [0.717, 1.165) is 54.0 Å². The molecule has 9 nitrogen and oxygen atoms in total. The van der Waals surface area contributed by atoms with Crippen molar-refractivity contribution in [2.75, 3.05) is 6.54 Å². The maximum Gasteiger partial charge on any atom is 0.408 e. The van der Waals surface area contributed by atoms with Gasteiger partial charge in [0.2, 0.25) is 5.91 Å². The fourth-order valence-corrected chi connectivity index (χ4v) is 9.03. The lowest BCUT2D eigenvalue weighted by atomic mass is 9.55. The minimum absolute atomic E-state index is 0.131. The number of ether oxygens (including phenoxy) is 2. The Morgan fingerprint density at radius 2 is 1.69 bits per heavy atom. The second-order valence-corrected chi connectivity index (χ2v) is 14.4. The molecule has 3 N–H and O–H groups in total. The van der Waals surface area contributed by atoms with Crippen LogP contribution in [0.4, 0.5) is 4.79 Å². The number of carboxylic acid groups (broad SMARTS) is 1. The van der Waals surface area contributed by atoms with Gasteiger partial charge in [-0.3, -0.25) is 9.59 Å². The van der Waals surface area contributed by atoms with Crippen LogP contribution >= 0.6 is 11.6 Å². The molecule has 5 aliphatic rings. The summed E-state index contributed by atoms with van der Waals surface area (Å²) in [7, 11) is 0. The fourth-order valence-electron chi connectivity index (χ4n) is 8.90.